The number of likely N-dealkylation sites (tertiary alicyclic amines) is 1. The fourth-order valence-electron chi connectivity index (χ4n) is 2.31. The van der Waals surface area contributed by atoms with Gasteiger partial charge in [-0.15, -0.1) is 0 Å². The Balaban J connectivity index is 2.25. The smallest absolute Gasteiger partial charge is 0.223 e. The molecule has 4 heteroatoms. The minimum atomic E-state index is -0.0869. The van der Waals surface area contributed by atoms with Gasteiger partial charge < -0.3 is 15.1 Å². The van der Waals surface area contributed by atoms with Gasteiger partial charge in [0.15, 0.2) is 0 Å². The average molecular weight is 222 g/mol. The van der Waals surface area contributed by atoms with Gasteiger partial charge in [-0.05, 0) is 25.0 Å². The van der Waals surface area contributed by atoms with E-state index in [9.17, 15) is 4.79 Å². The normalized spacial score (nSPS) is 26.1. The molecule has 1 aromatic rings. The molecule has 2 rings (SSSR count). The number of hydrogen-bond donors (Lipinski definition) is 1. The number of piperidine rings is 1. The Morgan fingerprint density at radius 3 is 3.06 bits per heavy atom. The topological polar surface area (TPSA) is 59.5 Å². The summed E-state index contributed by atoms with van der Waals surface area (Å²) in [5, 5.41) is 0. The molecule has 1 aromatic heterocycles. The van der Waals surface area contributed by atoms with Crippen LogP contribution in [-0.4, -0.2) is 23.4 Å². The monoisotopic (exact) mass is 222 g/mol. The van der Waals surface area contributed by atoms with Crippen molar-refractivity contribution in [2.45, 2.75) is 38.3 Å². The quantitative estimate of drug-likeness (QED) is 0.846. The highest BCUT2D eigenvalue weighted by atomic mass is 16.3. The van der Waals surface area contributed by atoms with Crippen molar-refractivity contribution in [3.63, 3.8) is 0 Å². The fourth-order valence-corrected chi connectivity index (χ4v) is 2.31. The summed E-state index contributed by atoms with van der Waals surface area (Å²) in [7, 11) is 0. The molecule has 0 bridgehead atoms. The van der Waals surface area contributed by atoms with Gasteiger partial charge in [0.1, 0.15) is 11.8 Å². The predicted molar refractivity (Wildman–Crippen MR) is 60.7 cm³/mol. The van der Waals surface area contributed by atoms with E-state index in [-0.39, 0.29) is 18.0 Å². The zero-order chi connectivity index (χ0) is 11.5. The SMILES string of the molecule is CCCN1C(=O)CCC(N)C1c1ccco1. The van der Waals surface area contributed by atoms with Crippen molar-refractivity contribution in [3.05, 3.63) is 24.2 Å². The number of carbonyl (C=O) groups is 1. The molecule has 1 aliphatic heterocycles. The maximum Gasteiger partial charge on any atom is 0.223 e. The van der Waals surface area contributed by atoms with Crippen LogP contribution in [0.5, 0.6) is 0 Å². The standard InChI is InChI=1S/C12H18N2O2/c1-2-7-14-11(15)6-5-9(13)12(14)10-4-3-8-16-10/h3-4,8-9,12H,2,5-7,13H2,1H3. The largest absolute Gasteiger partial charge is 0.467 e. The Hall–Kier alpha value is -1.29. The Bertz CT molecular complexity index is 348. The van der Waals surface area contributed by atoms with E-state index in [1.807, 2.05) is 17.0 Å². The van der Waals surface area contributed by atoms with Crippen LogP contribution in [0.25, 0.3) is 0 Å². The third-order valence-corrected chi connectivity index (χ3v) is 3.05. The van der Waals surface area contributed by atoms with Crippen LogP contribution in [0.4, 0.5) is 0 Å². The number of nitrogens with two attached hydrogens (primary N) is 1. The zero-order valence-corrected chi connectivity index (χ0v) is 9.56. The molecule has 1 fully saturated rings. The van der Waals surface area contributed by atoms with E-state index in [1.165, 1.54) is 0 Å². The molecule has 16 heavy (non-hydrogen) atoms. The van der Waals surface area contributed by atoms with Crippen LogP contribution >= 0.6 is 0 Å². The Labute approximate surface area is 95.4 Å². The molecule has 0 aliphatic carbocycles. The summed E-state index contributed by atoms with van der Waals surface area (Å²) < 4.78 is 5.39. The van der Waals surface area contributed by atoms with Crippen molar-refractivity contribution in [3.8, 4) is 0 Å². The summed E-state index contributed by atoms with van der Waals surface area (Å²) in [5.41, 5.74) is 6.10. The molecule has 2 N–H and O–H groups in total. The minimum Gasteiger partial charge on any atom is -0.467 e. The Morgan fingerprint density at radius 1 is 1.62 bits per heavy atom. The van der Waals surface area contributed by atoms with E-state index >= 15 is 0 Å². The molecule has 0 radical (unpaired) electrons. The van der Waals surface area contributed by atoms with Gasteiger partial charge in [0.2, 0.25) is 5.91 Å². The highest BCUT2D eigenvalue weighted by Gasteiger charge is 2.35. The van der Waals surface area contributed by atoms with Crippen molar-refractivity contribution >= 4 is 5.91 Å². The molecule has 2 heterocycles. The number of nitrogens with zero attached hydrogens (tertiary/aromatic N) is 1. The van der Waals surface area contributed by atoms with E-state index in [1.54, 1.807) is 6.26 Å². The third kappa shape index (κ3) is 1.97. The van der Waals surface area contributed by atoms with Crippen molar-refractivity contribution < 1.29 is 9.21 Å². The first kappa shape index (κ1) is 11.2. The lowest BCUT2D eigenvalue weighted by atomic mass is 9.94. The fraction of sp³-hybridized carbons (Fsp3) is 0.583. The third-order valence-electron chi connectivity index (χ3n) is 3.05. The Kier molecular flexibility index (Phi) is 3.29. The van der Waals surface area contributed by atoms with Crippen molar-refractivity contribution in [2.24, 2.45) is 5.73 Å². The molecule has 2 unspecified atom stereocenters. The highest BCUT2D eigenvalue weighted by Crippen LogP contribution is 2.31. The Morgan fingerprint density at radius 2 is 2.44 bits per heavy atom. The molecule has 88 valence electrons. The first-order valence-corrected chi connectivity index (χ1v) is 5.82. The molecular weight excluding hydrogens is 204 g/mol. The molecule has 1 saturated heterocycles. The van der Waals surface area contributed by atoms with Gasteiger partial charge in [-0.1, -0.05) is 6.92 Å². The summed E-state index contributed by atoms with van der Waals surface area (Å²) in [6.07, 6.45) is 3.86. The molecular formula is C12H18N2O2. The summed E-state index contributed by atoms with van der Waals surface area (Å²) in [5.74, 6) is 0.985. The van der Waals surface area contributed by atoms with Gasteiger partial charge in [-0.25, -0.2) is 0 Å². The number of furan rings is 1. The lowest BCUT2D eigenvalue weighted by molar-refractivity contribution is -0.137. The summed E-state index contributed by atoms with van der Waals surface area (Å²) >= 11 is 0. The van der Waals surface area contributed by atoms with Crippen molar-refractivity contribution in [1.82, 2.24) is 4.90 Å². The number of amides is 1. The number of carbonyl (C=O) groups excluding carboxylic acids is 1. The molecule has 0 spiro atoms. The van der Waals surface area contributed by atoms with Crippen LogP contribution in [0.2, 0.25) is 0 Å². The van der Waals surface area contributed by atoms with E-state index in [0.29, 0.717) is 6.42 Å². The maximum absolute atomic E-state index is 11.9. The van der Waals surface area contributed by atoms with Gasteiger partial charge in [-0.3, -0.25) is 4.79 Å². The van der Waals surface area contributed by atoms with Crippen LogP contribution in [0, 0.1) is 0 Å². The second kappa shape index (κ2) is 4.70. The molecule has 0 aromatic carbocycles. The van der Waals surface area contributed by atoms with E-state index < -0.39 is 0 Å². The van der Waals surface area contributed by atoms with E-state index in [2.05, 4.69) is 6.92 Å². The zero-order valence-electron chi connectivity index (χ0n) is 9.56. The second-order valence-electron chi connectivity index (χ2n) is 4.25. The van der Waals surface area contributed by atoms with Crippen LogP contribution in [0.3, 0.4) is 0 Å². The number of rotatable bonds is 3. The van der Waals surface area contributed by atoms with Crippen LogP contribution in [0.15, 0.2) is 22.8 Å². The van der Waals surface area contributed by atoms with Crippen molar-refractivity contribution in [2.75, 3.05) is 6.54 Å². The molecule has 1 aliphatic rings. The first-order chi connectivity index (χ1) is 7.74. The van der Waals surface area contributed by atoms with Crippen LogP contribution in [0.1, 0.15) is 38.0 Å². The summed E-state index contributed by atoms with van der Waals surface area (Å²) in [6, 6.07) is 3.63. The van der Waals surface area contributed by atoms with Crippen LogP contribution in [-0.2, 0) is 4.79 Å². The first-order valence-electron chi connectivity index (χ1n) is 5.82. The van der Waals surface area contributed by atoms with E-state index in [4.69, 9.17) is 10.2 Å². The highest BCUT2D eigenvalue weighted by molar-refractivity contribution is 5.77. The average Bonchev–Trinajstić information content (AvgIpc) is 2.77. The second-order valence-corrected chi connectivity index (χ2v) is 4.25. The minimum absolute atomic E-state index is 0.0181. The molecule has 4 nitrogen and oxygen atoms in total. The summed E-state index contributed by atoms with van der Waals surface area (Å²) in [4.78, 5) is 13.7. The van der Waals surface area contributed by atoms with Gasteiger partial charge in [0.25, 0.3) is 0 Å². The van der Waals surface area contributed by atoms with E-state index in [0.717, 1.165) is 25.1 Å². The van der Waals surface area contributed by atoms with Gasteiger partial charge in [0, 0.05) is 19.0 Å². The lowest BCUT2D eigenvalue weighted by Crippen LogP contribution is -2.48. The van der Waals surface area contributed by atoms with Gasteiger partial charge >= 0.3 is 0 Å². The van der Waals surface area contributed by atoms with Gasteiger partial charge in [-0.2, -0.15) is 0 Å². The van der Waals surface area contributed by atoms with Gasteiger partial charge in [0.05, 0.1) is 6.26 Å². The molecule has 1 amide bonds. The van der Waals surface area contributed by atoms with Crippen LogP contribution < -0.4 is 5.73 Å². The summed E-state index contributed by atoms with van der Waals surface area (Å²) in [6.45, 7) is 2.81. The lowest BCUT2D eigenvalue weighted by Gasteiger charge is -2.38. The predicted octanol–water partition coefficient (Wildman–Crippen LogP) is 1.68. The molecule has 2 atom stereocenters. The number of hydrogen-bond acceptors (Lipinski definition) is 3. The van der Waals surface area contributed by atoms with Crippen molar-refractivity contribution in [1.29, 1.82) is 0 Å². The molecule has 0 saturated carbocycles. The maximum atomic E-state index is 11.9.